The van der Waals surface area contributed by atoms with E-state index in [2.05, 4.69) is 18.8 Å². The summed E-state index contributed by atoms with van der Waals surface area (Å²) in [5, 5.41) is 1.59. The van der Waals surface area contributed by atoms with Gasteiger partial charge in [0.2, 0.25) is 0 Å². The van der Waals surface area contributed by atoms with E-state index in [0.29, 0.717) is 5.15 Å². The SMILES string of the molecule is CCC(CC)Oc1ccc2ccc(Cl)nc2c1. The molecular formula is C14H16ClNO. The second kappa shape index (κ2) is 5.37. The molecule has 0 radical (unpaired) electrons. The van der Waals surface area contributed by atoms with Gasteiger partial charge in [0.05, 0.1) is 11.6 Å². The molecule has 2 nitrogen and oxygen atoms in total. The van der Waals surface area contributed by atoms with Crippen LogP contribution in [0.2, 0.25) is 5.15 Å². The Kier molecular flexibility index (Phi) is 3.85. The molecule has 0 bridgehead atoms. The highest BCUT2D eigenvalue weighted by molar-refractivity contribution is 6.29. The van der Waals surface area contributed by atoms with Gasteiger partial charge in [0.15, 0.2) is 0 Å². The van der Waals surface area contributed by atoms with E-state index in [1.54, 1.807) is 6.07 Å². The molecule has 1 heterocycles. The summed E-state index contributed by atoms with van der Waals surface area (Å²) >= 11 is 5.88. The zero-order valence-electron chi connectivity index (χ0n) is 10.1. The van der Waals surface area contributed by atoms with E-state index in [0.717, 1.165) is 29.5 Å². The van der Waals surface area contributed by atoms with Gasteiger partial charge in [-0.2, -0.15) is 0 Å². The van der Waals surface area contributed by atoms with E-state index >= 15 is 0 Å². The Morgan fingerprint density at radius 3 is 2.59 bits per heavy atom. The number of fused-ring (bicyclic) bond motifs is 1. The van der Waals surface area contributed by atoms with Crippen molar-refractivity contribution >= 4 is 22.5 Å². The predicted octanol–water partition coefficient (Wildman–Crippen LogP) is 4.46. The third-order valence-corrected chi connectivity index (χ3v) is 3.05. The largest absolute Gasteiger partial charge is 0.490 e. The maximum Gasteiger partial charge on any atom is 0.129 e. The van der Waals surface area contributed by atoms with Crippen LogP contribution in [0.15, 0.2) is 30.3 Å². The van der Waals surface area contributed by atoms with Gasteiger partial charge < -0.3 is 4.74 Å². The van der Waals surface area contributed by atoms with Crippen molar-refractivity contribution in [2.75, 3.05) is 0 Å². The molecule has 17 heavy (non-hydrogen) atoms. The first kappa shape index (κ1) is 12.2. The van der Waals surface area contributed by atoms with Crippen molar-refractivity contribution < 1.29 is 4.74 Å². The molecule has 2 rings (SSSR count). The van der Waals surface area contributed by atoms with Crippen molar-refractivity contribution in [2.24, 2.45) is 0 Å². The zero-order valence-corrected chi connectivity index (χ0v) is 10.9. The number of hydrogen-bond acceptors (Lipinski definition) is 2. The Hall–Kier alpha value is -1.28. The minimum Gasteiger partial charge on any atom is -0.490 e. The zero-order chi connectivity index (χ0) is 12.3. The summed E-state index contributed by atoms with van der Waals surface area (Å²) in [6.45, 7) is 4.26. The highest BCUT2D eigenvalue weighted by Crippen LogP contribution is 2.22. The topological polar surface area (TPSA) is 22.1 Å². The Bertz CT molecular complexity index is 509. The van der Waals surface area contributed by atoms with E-state index in [4.69, 9.17) is 16.3 Å². The standard InChI is InChI=1S/C14H16ClNO/c1-3-11(4-2)17-12-7-5-10-6-8-14(15)16-13(10)9-12/h5-9,11H,3-4H2,1-2H3. The van der Waals surface area contributed by atoms with Gasteiger partial charge in [0, 0.05) is 11.5 Å². The van der Waals surface area contributed by atoms with Crippen molar-refractivity contribution in [3.63, 3.8) is 0 Å². The van der Waals surface area contributed by atoms with Crippen LogP contribution in [-0.2, 0) is 0 Å². The number of nitrogens with zero attached hydrogens (tertiary/aromatic N) is 1. The number of hydrogen-bond donors (Lipinski definition) is 0. The molecule has 0 N–H and O–H groups in total. The Morgan fingerprint density at radius 2 is 1.88 bits per heavy atom. The second-order valence-corrected chi connectivity index (χ2v) is 4.43. The number of pyridine rings is 1. The van der Waals surface area contributed by atoms with E-state index in [-0.39, 0.29) is 6.10 Å². The Balaban J connectivity index is 2.30. The number of ether oxygens (including phenoxy) is 1. The van der Waals surface area contributed by atoms with Crippen LogP contribution in [0.5, 0.6) is 5.75 Å². The molecular weight excluding hydrogens is 234 g/mol. The first-order chi connectivity index (χ1) is 8.22. The fourth-order valence-corrected chi connectivity index (χ4v) is 1.95. The molecule has 0 amide bonds. The quantitative estimate of drug-likeness (QED) is 0.747. The average molecular weight is 250 g/mol. The van der Waals surface area contributed by atoms with Crippen molar-refractivity contribution in [1.82, 2.24) is 4.98 Å². The maximum atomic E-state index is 5.88. The highest BCUT2D eigenvalue weighted by Gasteiger charge is 2.06. The van der Waals surface area contributed by atoms with Crippen LogP contribution < -0.4 is 4.74 Å². The monoisotopic (exact) mass is 249 g/mol. The molecule has 0 aliphatic carbocycles. The molecule has 0 aliphatic rings. The van der Waals surface area contributed by atoms with Crippen LogP contribution in [0, 0.1) is 0 Å². The molecule has 0 atom stereocenters. The van der Waals surface area contributed by atoms with Crippen LogP contribution in [0.3, 0.4) is 0 Å². The molecule has 0 unspecified atom stereocenters. The predicted molar refractivity (Wildman–Crippen MR) is 71.8 cm³/mol. The molecule has 90 valence electrons. The molecule has 0 fully saturated rings. The fraction of sp³-hybridized carbons (Fsp3) is 0.357. The lowest BCUT2D eigenvalue weighted by molar-refractivity contribution is 0.193. The van der Waals surface area contributed by atoms with E-state index in [9.17, 15) is 0 Å². The van der Waals surface area contributed by atoms with E-state index < -0.39 is 0 Å². The molecule has 0 saturated heterocycles. The van der Waals surface area contributed by atoms with Gasteiger partial charge in [-0.1, -0.05) is 25.4 Å². The van der Waals surface area contributed by atoms with Crippen molar-refractivity contribution in [3.8, 4) is 5.75 Å². The highest BCUT2D eigenvalue weighted by atomic mass is 35.5. The van der Waals surface area contributed by atoms with Gasteiger partial charge in [-0.15, -0.1) is 0 Å². The van der Waals surface area contributed by atoms with Gasteiger partial charge in [0.25, 0.3) is 0 Å². The Morgan fingerprint density at radius 1 is 1.18 bits per heavy atom. The second-order valence-electron chi connectivity index (χ2n) is 4.04. The molecule has 2 aromatic rings. The molecule has 3 heteroatoms. The summed E-state index contributed by atoms with van der Waals surface area (Å²) in [6.07, 6.45) is 2.29. The normalized spacial score (nSPS) is 11.1. The minimum absolute atomic E-state index is 0.270. The number of halogens is 1. The third kappa shape index (κ3) is 2.89. The van der Waals surface area contributed by atoms with Crippen LogP contribution in [0.1, 0.15) is 26.7 Å². The minimum atomic E-state index is 0.270. The summed E-state index contributed by atoms with van der Waals surface area (Å²) in [5.74, 6) is 0.862. The average Bonchev–Trinajstić information content (AvgIpc) is 2.35. The molecule has 0 spiro atoms. The van der Waals surface area contributed by atoms with Gasteiger partial charge in [0.1, 0.15) is 10.9 Å². The first-order valence-corrected chi connectivity index (χ1v) is 6.33. The van der Waals surface area contributed by atoms with Crippen molar-refractivity contribution in [1.29, 1.82) is 0 Å². The molecule has 1 aromatic carbocycles. The van der Waals surface area contributed by atoms with Gasteiger partial charge in [-0.05, 0) is 37.1 Å². The summed E-state index contributed by atoms with van der Waals surface area (Å²) in [7, 11) is 0. The van der Waals surface area contributed by atoms with Gasteiger partial charge in [-0.25, -0.2) is 4.98 Å². The van der Waals surface area contributed by atoms with Gasteiger partial charge >= 0.3 is 0 Å². The number of aromatic nitrogens is 1. The van der Waals surface area contributed by atoms with Crippen molar-refractivity contribution in [2.45, 2.75) is 32.8 Å². The smallest absolute Gasteiger partial charge is 0.129 e. The summed E-state index contributed by atoms with van der Waals surface area (Å²) in [4.78, 5) is 4.28. The van der Waals surface area contributed by atoms with Crippen LogP contribution in [-0.4, -0.2) is 11.1 Å². The van der Waals surface area contributed by atoms with Crippen LogP contribution >= 0.6 is 11.6 Å². The van der Waals surface area contributed by atoms with Crippen LogP contribution in [0.25, 0.3) is 10.9 Å². The van der Waals surface area contributed by atoms with E-state index in [1.165, 1.54) is 0 Å². The molecule has 0 aliphatic heterocycles. The summed E-state index contributed by atoms with van der Waals surface area (Å²) < 4.78 is 5.88. The van der Waals surface area contributed by atoms with Crippen molar-refractivity contribution in [3.05, 3.63) is 35.5 Å². The number of benzene rings is 1. The first-order valence-electron chi connectivity index (χ1n) is 5.96. The summed E-state index contributed by atoms with van der Waals surface area (Å²) in [5.41, 5.74) is 0.876. The lowest BCUT2D eigenvalue weighted by Gasteiger charge is -2.15. The lowest BCUT2D eigenvalue weighted by atomic mass is 10.2. The van der Waals surface area contributed by atoms with Crippen LogP contribution in [0.4, 0.5) is 0 Å². The summed E-state index contributed by atoms with van der Waals surface area (Å²) in [6, 6.07) is 9.70. The maximum absolute atomic E-state index is 5.88. The Labute approximate surface area is 107 Å². The third-order valence-electron chi connectivity index (χ3n) is 2.84. The van der Waals surface area contributed by atoms with E-state index in [1.807, 2.05) is 24.3 Å². The lowest BCUT2D eigenvalue weighted by Crippen LogP contribution is -2.13. The van der Waals surface area contributed by atoms with Gasteiger partial charge in [-0.3, -0.25) is 0 Å². The molecule has 0 saturated carbocycles. The fourth-order valence-electron chi connectivity index (χ4n) is 1.79. The molecule has 1 aromatic heterocycles. The number of rotatable bonds is 4.